The van der Waals surface area contributed by atoms with Crippen molar-refractivity contribution in [3.05, 3.63) is 29.3 Å². The van der Waals surface area contributed by atoms with Crippen LogP contribution in [0, 0.1) is 0 Å². The number of hydrogen-bond donors (Lipinski definition) is 0. The van der Waals surface area contributed by atoms with Crippen molar-refractivity contribution in [2.45, 2.75) is 45.4 Å². The molecule has 0 radical (unpaired) electrons. The summed E-state index contributed by atoms with van der Waals surface area (Å²) in [5.41, 5.74) is 2.86. The molecule has 118 valence electrons. The van der Waals surface area contributed by atoms with Crippen LogP contribution in [0.25, 0.3) is 0 Å². The molecule has 22 heavy (non-hydrogen) atoms. The smallest absolute Gasteiger partial charge is 0.253 e. The van der Waals surface area contributed by atoms with Crippen molar-refractivity contribution in [1.29, 1.82) is 0 Å². The number of fused-ring (bicyclic) bond motifs is 1. The molecule has 0 saturated carbocycles. The number of likely N-dealkylation sites (tertiary alicyclic amines) is 1. The number of nitrogens with zero attached hydrogens (tertiary/aromatic N) is 2. The molecule has 0 unspecified atom stereocenters. The van der Waals surface area contributed by atoms with Crippen LogP contribution < -0.4 is 4.90 Å². The highest BCUT2D eigenvalue weighted by molar-refractivity contribution is 5.97. The van der Waals surface area contributed by atoms with Crippen LogP contribution >= 0.6 is 0 Å². The number of carbonyl (C=O) groups excluding carboxylic acids is 2. The number of rotatable bonds is 1. The van der Waals surface area contributed by atoms with E-state index in [0.717, 1.165) is 55.7 Å². The van der Waals surface area contributed by atoms with Crippen LogP contribution in [0.2, 0.25) is 0 Å². The van der Waals surface area contributed by atoms with E-state index in [0.29, 0.717) is 0 Å². The molecule has 1 aromatic rings. The van der Waals surface area contributed by atoms with Crippen molar-refractivity contribution in [2.24, 2.45) is 0 Å². The Morgan fingerprint density at radius 1 is 0.955 bits per heavy atom. The number of amides is 2. The molecular formula is C18H24N2O2. The highest BCUT2D eigenvalue weighted by Crippen LogP contribution is 2.29. The topological polar surface area (TPSA) is 40.6 Å². The third-order valence-corrected chi connectivity index (χ3v) is 4.75. The fourth-order valence-corrected chi connectivity index (χ4v) is 3.50. The van der Waals surface area contributed by atoms with Crippen molar-refractivity contribution >= 4 is 17.5 Å². The standard InChI is InChI=1S/C18H24N2O2/c1-14(21)20-12-9-15-13-16(7-8-17(15)20)18(22)19-10-5-3-2-4-6-11-19/h7-8,13H,2-6,9-12H2,1H3. The summed E-state index contributed by atoms with van der Waals surface area (Å²) in [6, 6.07) is 5.79. The second-order valence-electron chi connectivity index (χ2n) is 6.32. The average Bonchev–Trinajstić information content (AvgIpc) is 2.89. The summed E-state index contributed by atoms with van der Waals surface area (Å²) in [6.07, 6.45) is 6.80. The van der Waals surface area contributed by atoms with Gasteiger partial charge in [-0.05, 0) is 43.0 Å². The monoisotopic (exact) mass is 300 g/mol. The van der Waals surface area contributed by atoms with Gasteiger partial charge in [0, 0.05) is 37.8 Å². The zero-order valence-corrected chi connectivity index (χ0v) is 13.3. The zero-order valence-electron chi connectivity index (χ0n) is 13.3. The summed E-state index contributed by atoms with van der Waals surface area (Å²) < 4.78 is 0. The van der Waals surface area contributed by atoms with Gasteiger partial charge in [0.1, 0.15) is 0 Å². The van der Waals surface area contributed by atoms with E-state index >= 15 is 0 Å². The van der Waals surface area contributed by atoms with Gasteiger partial charge in [-0.25, -0.2) is 0 Å². The first kappa shape index (κ1) is 15.1. The Labute approximate surface area is 132 Å². The largest absolute Gasteiger partial charge is 0.339 e. The lowest BCUT2D eigenvalue weighted by molar-refractivity contribution is -0.116. The minimum absolute atomic E-state index is 0.0709. The SMILES string of the molecule is CC(=O)N1CCc2cc(C(=O)N3CCCCCCC3)ccc21. The van der Waals surface area contributed by atoms with E-state index in [2.05, 4.69) is 0 Å². The van der Waals surface area contributed by atoms with Crippen LogP contribution in [0.15, 0.2) is 18.2 Å². The molecule has 2 aliphatic rings. The van der Waals surface area contributed by atoms with Gasteiger partial charge in [0.05, 0.1) is 0 Å². The van der Waals surface area contributed by atoms with E-state index in [1.807, 2.05) is 23.1 Å². The fourth-order valence-electron chi connectivity index (χ4n) is 3.50. The van der Waals surface area contributed by atoms with Gasteiger partial charge in [-0.1, -0.05) is 19.3 Å². The molecule has 1 aromatic carbocycles. The lowest BCUT2D eigenvalue weighted by atomic mass is 10.0. The van der Waals surface area contributed by atoms with Crippen molar-refractivity contribution in [3.8, 4) is 0 Å². The normalized spacial score (nSPS) is 18.6. The van der Waals surface area contributed by atoms with Crippen molar-refractivity contribution in [1.82, 2.24) is 4.90 Å². The lowest BCUT2D eigenvalue weighted by Crippen LogP contribution is -2.33. The molecule has 0 spiro atoms. The quantitative estimate of drug-likeness (QED) is 0.800. The van der Waals surface area contributed by atoms with E-state index < -0.39 is 0 Å². The maximum absolute atomic E-state index is 12.7. The van der Waals surface area contributed by atoms with Gasteiger partial charge in [0.25, 0.3) is 5.91 Å². The Morgan fingerprint density at radius 2 is 1.64 bits per heavy atom. The van der Waals surface area contributed by atoms with Crippen LogP contribution in [-0.4, -0.2) is 36.3 Å². The molecule has 1 saturated heterocycles. The van der Waals surface area contributed by atoms with E-state index in [9.17, 15) is 9.59 Å². The molecule has 4 nitrogen and oxygen atoms in total. The molecule has 2 aliphatic heterocycles. The summed E-state index contributed by atoms with van der Waals surface area (Å²) in [4.78, 5) is 28.1. The highest BCUT2D eigenvalue weighted by atomic mass is 16.2. The van der Waals surface area contributed by atoms with E-state index in [-0.39, 0.29) is 11.8 Å². The van der Waals surface area contributed by atoms with Crippen LogP contribution in [0.5, 0.6) is 0 Å². The van der Waals surface area contributed by atoms with Gasteiger partial charge in [-0.2, -0.15) is 0 Å². The Hall–Kier alpha value is -1.84. The van der Waals surface area contributed by atoms with Gasteiger partial charge >= 0.3 is 0 Å². The van der Waals surface area contributed by atoms with E-state index in [4.69, 9.17) is 0 Å². The molecule has 0 bridgehead atoms. The first-order chi connectivity index (χ1) is 10.7. The molecule has 0 N–H and O–H groups in total. The molecule has 0 aromatic heterocycles. The van der Waals surface area contributed by atoms with Crippen molar-refractivity contribution < 1.29 is 9.59 Å². The molecule has 2 amide bonds. The first-order valence-electron chi connectivity index (χ1n) is 8.37. The van der Waals surface area contributed by atoms with Crippen LogP contribution in [-0.2, 0) is 11.2 Å². The van der Waals surface area contributed by atoms with E-state index in [1.54, 1.807) is 11.8 Å². The van der Waals surface area contributed by atoms with Crippen molar-refractivity contribution in [3.63, 3.8) is 0 Å². The summed E-state index contributed by atoms with van der Waals surface area (Å²) in [6.45, 7) is 4.06. The molecular weight excluding hydrogens is 276 g/mol. The minimum atomic E-state index is 0.0709. The van der Waals surface area contributed by atoms with Gasteiger partial charge in [-0.15, -0.1) is 0 Å². The van der Waals surface area contributed by atoms with Gasteiger partial charge in [0.15, 0.2) is 0 Å². The third-order valence-electron chi connectivity index (χ3n) is 4.75. The zero-order chi connectivity index (χ0) is 15.5. The summed E-state index contributed by atoms with van der Waals surface area (Å²) in [5, 5.41) is 0. The number of hydrogen-bond acceptors (Lipinski definition) is 2. The lowest BCUT2D eigenvalue weighted by Gasteiger charge is -2.25. The van der Waals surface area contributed by atoms with Crippen LogP contribution in [0.3, 0.4) is 0 Å². The Bertz CT molecular complexity index is 574. The summed E-state index contributed by atoms with van der Waals surface area (Å²) >= 11 is 0. The van der Waals surface area contributed by atoms with Crippen LogP contribution in [0.4, 0.5) is 5.69 Å². The molecule has 2 heterocycles. The van der Waals surface area contributed by atoms with Gasteiger partial charge in [0.2, 0.25) is 5.91 Å². The van der Waals surface area contributed by atoms with E-state index in [1.165, 1.54) is 19.3 Å². The Morgan fingerprint density at radius 3 is 2.32 bits per heavy atom. The van der Waals surface area contributed by atoms with Gasteiger partial charge in [-0.3, -0.25) is 9.59 Å². The summed E-state index contributed by atoms with van der Waals surface area (Å²) in [7, 11) is 0. The Balaban J connectivity index is 1.77. The minimum Gasteiger partial charge on any atom is -0.339 e. The predicted octanol–water partition coefficient (Wildman–Crippen LogP) is 3.00. The number of carbonyl (C=O) groups is 2. The first-order valence-corrected chi connectivity index (χ1v) is 8.37. The molecule has 0 aliphatic carbocycles. The average molecular weight is 300 g/mol. The maximum atomic E-state index is 12.7. The van der Waals surface area contributed by atoms with Gasteiger partial charge < -0.3 is 9.80 Å². The Kier molecular flexibility index (Phi) is 4.46. The van der Waals surface area contributed by atoms with Crippen LogP contribution in [0.1, 0.15) is 54.9 Å². The third kappa shape index (κ3) is 3.01. The predicted molar refractivity (Wildman–Crippen MR) is 87.2 cm³/mol. The molecule has 4 heteroatoms. The molecule has 1 fully saturated rings. The second-order valence-corrected chi connectivity index (χ2v) is 6.32. The number of anilines is 1. The highest BCUT2D eigenvalue weighted by Gasteiger charge is 2.24. The second kappa shape index (κ2) is 6.51. The van der Waals surface area contributed by atoms with Crippen molar-refractivity contribution in [2.75, 3.05) is 24.5 Å². The fraction of sp³-hybridized carbons (Fsp3) is 0.556. The molecule has 3 rings (SSSR count). The number of benzene rings is 1. The maximum Gasteiger partial charge on any atom is 0.253 e. The molecule has 0 atom stereocenters. The summed E-state index contributed by atoms with van der Waals surface area (Å²) in [5.74, 6) is 0.215.